The standard InChI is InChI=1S/C18H23FN6O2.ClH/c1-12-2-3-13(10-15(12)19)17(26)21-8-9-22-18(27)16-11-25(24-23-16)14-4-6-20-7-5-14;/h2-3,10-11,14,20H,4-9H2,1H3,(H,21,26)(H,22,27);1H. The summed E-state index contributed by atoms with van der Waals surface area (Å²) in [5.74, 6) is -1.15. The van der Waals surface area contributed by atoms with Crippen molar-refractivity contribution in [1.29, 1.82) is 0 Å². The maximum atomic E-state index is 13.5. The molecule has 2 aromatic rings. The monoisotopic (exact) mass is 410 g/mol. The van der Waals surface area contributed by atoms with Gasteiger partial charge >= 0.3 is 0 Å². The number of aryl methyl sites for hydroxylation is 1. The van der Waals surface area contributed by atoms with E-state index in [9.17, 15) is 14.0 Å². The van der Waals surface area contributed by atoms with Gasteiger partial charge in [-0.3, -0.25) is 9.59 Å². The molecule has 0 aliphatic carbocycles. The number of carbonyl (C=O) groups is 2. The fourth-order valence-corrected chi connectivity index (χ4v) is 2.91. The molecule has 1 aromatic carbocycles. The minimum absolute atomic E-state index is 0. The molecule has 10 heteroatoms. The Labute approximate surface area is 168 Å². The first-order chi connectivity index (χ1) is 13.0. The molecule has 1 aliphatic rings. The summed E-state index contributed by atoms with van der Waals surface area (Å²) in [7, 11) is 0. The number of amides is 2. The van der Waals surface area contributed by atoms with Crippen LogP contribution < -0.4 is 16.0 Å². The Morgan fingerprint density at radius 2 is 1.89 bits per heavy atom. The highest BCUT2D eigenvalue weighted by atomic mass is 35.5. The second-order valence-electron chi connectivity index (χ2n) is 6.54. The minimum Gasteiger partial charge on any atom is -0.350 e. The van der Waals surface area contributed by atoms with Crippen molar-refractivity contribution >= 4 is 24.2 Å². The van der Waals surface area contributed by atoms with Gasteiger partial charge in [0.05, 0.1) is 12.2 Å². The van der Waals surface area contributed by atoms with Gasteiger partial charge in [-0.15, -0.1) is 17.5 Å². The molecule has 8 nitrogen and oxygen atoms in total. The lowest BCUT2D eigenvalue weighted by Crippen LogP contribution is -2.34. The Morgan fingerprint density at radius 3 is 2.57 bits per heavy atom. The van der Waals surface area contributed by atoms with Crippen LogP contribution >= 0.6 is 12.4 Å². The van der Waals surface area contributed by atoms with Gasteiger partial charge in [-0.05, 0) is 50.6 Å². The van der Waals surface area contributed by atoms with Crippen molar-refractivity contribution in [2.45, 2.75) is 25.8 Å². The zero-order valence-corrected chi connectivity index (χ0v) is 16.4. The van der Waals surface area contributed by atoms with Crippen molar-refractivity contribution in [3.63, 3.8) is 0 Å². The van der Waals surface area contributed by atoms with Gasteiger partial charge in [0.15, 0.2) is 5.69 Å². The van der Waals surface area contributed by atoms with E-state index in [0.717, 1.165) is 25.9 Å². The lowest BCUT2D eigenvalue weighted by molar-refractivity contribution is 0.0925. The average Bonchev–Trinajstić information content (AvgIpc) is 3.18. The molecule has 3 rings (SSSR count). The number of carbonyl (C=O) groups excluding carboxylic acids is 2. The molecule has 28 heavy (non-hydrogen) atoms. The fourth-order valence-electron chi connectivity index (χ4n) is 2.91. The average molecular weight is 411 g/mol. The minimum atomic E-state index is -0.423. The third-order valence-electron chi connectivity index (χ3n) is 4.56. The van der Waals surface area contributed by atoms with E-state index in [1.54, 1.807) is 29.9 Å². The van der Waals surface area contributed by atoms with Crippen LogP contribution in [0, 0.1) is 12.7 Å². The van der Waals surface area contributed by atoms with Gasteiger partial charge in [0.1, 0.15) is 5.82 Å². The predicted octanol–water partition coefficient (Wildman–Crippen LogP) is 1.23. The van der Waals surface area contributed by atoms with Crippen LogP contribution in [0.5, 0.6) is 0 Å². The molecule has 1 fully saturated rings. The number of benzene rings is 1. The molecule has 1 aliphatic heterocycles. The topological polar surface area (TPSA) is 101 Å². The molecular formula is C18H24ClFN6O2. The van der Waals surface area contributed by atoms with Crippen LogP contribution in [-0.4, -0.2) is 53.0 Å². The van der Waals surface area contributed by atoms with Crippen LogP contribution in [-0.2, 0) is 0 Å². The first-order valence-corrected chi connectivity index (χ1v) is 8.99. The molecule has 2 amide bonds. The number of hydrogen-bond acceptors (Lipinski definition) is 5. The van der Waals surface area contributed by atoms with Crippen molar-refractivity contribution in [3.8, 4) is 0 Å². The Bertz CT molecular complexity index is 822. The molecule has 0 radical (unpaired) electrons. The number of halogens is 2. The smallest absolute Gasteiger partial charge is 0.273 e. The van der Waals surface area contributed by atoms with Gasteiger partial charge < -0.3 is 16.0 Å². The van der Waals surface area contributed by atoms with Gasteiger partial charge in [0.25, 0.3) is 11.8 Å². The summed E-state index contributed by atoms with van der Waals surface area (Å²) >= 11 is 0. The highest BCUT2D eigenvalue weighted by Crippen LogP contribution is 2.16. The molecule has 0 bridgehead atoms. The van der Waals surface area contributed by atoms with E-state index in [1.165, 1.54) is 6.07 Å². The summed E-state index contributed by atoms with van der Waals surface area (Å²) in [5.41, 5.74) is 0.978. The molecule has 1 saturated heterocycles. The molecule has 3 N–H and O–H groups in total. The largest absolute Gasteiger partial charge is 0.350 e. The number of rotatable bonds is 6. The summed E-state index contributed by atoms with van der Waals surface area (Å²) in [5, 5.41) is 16.6. The summed E-state index contributed by atoms with van der Waals surface area (Å²) in [4.78, 5) is 24.1. The number of nitrogens with zero attached hydrogens (tertiary/aromatic N) is 3. The third kappa shape index (κ3) is 5.49. The van der Waals surface area contributed by atoms with E-state index < -0.39 is 5.82 Å². The maximum absolute atomic E-state index is 13.5. The van der Waals surface area contributed by atoms with Gasteiger partial charge in [-0.2, -0.15) is 0 Å². The van der Waals surface area contributed by atoms with Crippen LogP contribution in [0.2, 0.25) is 0 Å². The molecular weight excluding hydrogens is 387 g/mol. The summed E-state index contributed by atoms with van der Waals surface area (Å²) in [6.07, 6.45) is 3.56. The Balaban J connectivity index is 0.00000280. The van der Waals surface area contributed by atoms with E-state index in [-0.39, 0.29) is 54.6 Å². The first kappa shape index (κ1) is 21.8. The zero-order valence-electron chi connectivity index (χ0n) is 15.6. The van der Waals surface area contributed by atoms with E-state index >= 15 is 0 Å². The molecule has 152 valence electrons. The highest BCUT2D eigenvalue weighted by molar-refractivity contribution is 5.94. The molecule has 0 atom stereocenters. The Morgan fingerprint density at radius 1 is 1.21 bits per heavy atom. The number of nitrogens with one attached hydrogen (secondary N) is 3. The second-order valence-corrected chi connectivity index (χ2v) is 6.54. The summed E-state index contributed by atoms with van der Waals surface area (Å²) in [6, 6.07) is 4.57. The van der Waals surface area contributed by atoms with E-state index in [0.29, 0.717) is 5.56 Å². The van der Waals surface area contributed by atoms with E-state index in [4.69, 9.17) is 0 Å². The van der Waals surface area contributed by atoms with Crippen molar-refractivity contribution < 1.29 is 14.0 Å². The normalized spacial score (nSPS) is 14.2. The van der Waals surface area contributed by atoms with Gasteiger partial charge in [-0.1, -0.05) is 11.3 Å². The molecule has 2 heterocycles. The van der Waals surface area contributed by atoms with E-state index in [2.05, 4.69) is 26.3 Å². The lowest BCUT2D eigenvalue weighted by atomic mass is 10.1. The first-order valence-electron chi connectivity index (χ1n) is 8.99. The van der Waals surface area contributed by atoms with Gasteiger partial charge in [0, 0.05) is 18.7 Å². The Hall–Kier alpha value is -2.52. The predicted molar refractivity (Wildman–Crippen MR) is 104 cm³/mol. The third-order valence-corrected chi connectivity index (χ3v) is 4.56. The van der Waals surface area contributed by atoms with Crippen LogP contribution in [0.25, 0.3) is 0 Å². The van der Waals surface area contributed by atoms with Crippen molar-refractivity contribution in [2.75, 3.05) is 26.2 Å². The highest BCUT2D eigenvalue weighted by Gasteiger charge is 2.18. The molecule has 1 aromatic heterocycles. The number of piperidine rings is 1. The second kappa shape index (κ2) is 10.1. The number of hydrogen-bond donors (Lipinski definition) is 3. The molecule has 0 spiro atoms. The summed E-state index contributed by atoms with van der Waals surface area (Å²) < 4.78 is 15.2. The van der Waals surface area contributed by atoms with Crippen LogP contribution in [0.1, 0.15) is 45.3 Å². The summed E-state index contributed by atoms with van der Waals surface area (Å²) in [6.45, 7) is 3.95. The maximum Gasteiger partial charge on any atom is 0.273 e. The SMILES string of the molecule is Cc1ccc(C(=O)NCCNC(=O)c2cn(C3CCNCC3)nn2)cc1F.Cl. The Kier molecular flexibility index (Phi) is 7.89. The van der Waals surface area contributed by atoms with Crippen LogP contribution in [0.3, 0.4) is 0 Å². The van der Waals surface area contributed by atoms with Gasteiger partial charge in [-0.25, -0.2) is 9.07 Å². The van der Waals surface area contributed by atoms with Crippen LogP contribution in [0.15, 0.2) is 24.4 Å². The van der Waals surface area contributed by atoms with Crippen molar-refractivity contribution in [2.24, 2.45) is 0 Å². The fraction of sp³-hybridized carbons (Fsp3) is 0.444. The van der Waals surface area contributed by atoms with Gasteiger partial charge in [0.2, 0.25) is 0 Å². The van der Waals surface area contributed by atoms with Crippen molar-refractivity contribution in [3.05, 3.63) is 47.0 Å². The van der Waals surface area contributed by atoms with Crippen LogP contribution in [0.4, 0.5) is 4.39 Å². The molecule has 0 unspecified atom stereocenters. The van der Waals surface area contributed by atoms with E-state index in [1.807, 2.05) is 0 Å². The zero-order chi connectivity index (χ0) is 19.2. The quantitative estimate of drug-likeness (QED) is 0.622. The lowest BCUT2D eigenvalue weighted by Gasteiger charge is -2.22. The number of aromatic nitrogens is 3. The van der Waals surface area contributed by atoms with Crippen molar-refractivity contribution in [1.82, 2.24) is 30.9 Å². The molecule has 0 saturated carbocycles.